The van der Waals surface area contributed by atoms with Gasteiger partial charge in [0.15, 0.2) is 5.96 Å². The number of rotatable bonds is 7. The zero-order chi connectivity index (χ0) is 19.1. The van der Waals surface area contributed by atoms with Crippen molar-refractivity contribution in [1.82, 2.24) is 15.5 Å². The molecule has 0 aliphatic carbocycles. The van der Waals surface area contributed by atoms with Gasteiger partial charge in [-0.15, -0.1) is 35.3 Å². The zero-order valence-corrected chi connectivity index (χ0v) is 20.7. The fraction of sp³-hybridized carbons (Fsp3) is 0.737. The Bertz CT molecular complexity index is 617. The van der Waals surface area contributed by atoms with E-state index < -0.39 is 5.60 Å². The molecule has 0 amide bonds. The van der Waals surface area contributed by atoms with E-state index in [2.05, 4.69) is 46.5 Å². The Balaban J connectivity index is 0.00000280. The van der Waals surface area contributed by atoms with Crippen LogP contribution >= 0.6 is 47.1 Å². The SMILES string of the molecule is CCNC(=NCC1(O)CCSC1)NCC(c1ccc(C)s1)N1CCOCC1.I. The summed E-state index contributed by atoms with van der Waals surface area (Å²) in [6.45, 7) is 9.76. The van der Waals surface area contributed by atoms with Crippen molar-refractivity contribution in [3.63, 3.8) is 0 Å². The highest BCUT2D eigenvalue weighted by atomic mass is 127. The van der Waals surface area contributed by atoms with Crippen LogP contribution < -0.4 is 10.6 Å². The molecule has 160 valence electrons. The average molecular weight is 541 g/mol. The van der Waals surface area contributed by atoms with Crippen molar-refractivity contribution in [2.45, 2.75) is 31.9 Å². The van der Waals surface area contributed by atoms with Gasteiger partial charge in [0.1, 0.15) is 0 Å². The molecule has 1 aromatic rings. The number of halogens is 1. The van der Waals surface area contributed by atoms with Crippen LogP contribution in [0.15, 0.2) is 17.1 Å². The maximum Gasteiger partial charge on any atom is 0.191 e. The summed E-state index contributed by atoms with van der Waals surface area (Å²) in [4.78, 5) is 9.88. The molecule has 0 saturated carbocycles. The van der Waals surface area contributed by atoms with Crippen molar-refractivity contribution in [2.24, 2.45) is 4.99 Å². The first-order valence-corrected chi connectivity index (χ1v) is 11.8. The van der Waals surface area contributed by atoms with E-state index >= 15 is 0 Å². The summed E-state index contributed by atoms with van der Waals surface area (Å²) >= 11 is 3.67. The van der Waals surface area contributed by atoms with Crippen LogP contribution in [0.3, 0.4) is 0 Å². The summed E-state index contributed by atoms with van der Waals surface area (Å²) < 4.78 is 5.54. The molecule has 2 fully saturated rings. The van der Waals surface area contributed by atoms with Gasteiger partial charge in [0.2, 0.25) is 0 Å². The lowest BCUT2D eigenvalue weighted by atomic mass is 10.1. The van der Waals surface area contributed by atoms with Gasteiger partial charge < -0.3 is 20.5 Å². The summed E-state index contributed by atoms with van der Waals surface area (Å²) in [5.41, 5.74) is -0.651. The lowest BCUT2D eigenvalue weighted by molar-refractivity contribution is 0.0177. The summed E-state index contributed by atoms with van der Waals surface area (Å²) in [7, 11) is 0. The Morgan fingerprint density at radius 3 is 2.75 bits per heavy atom. The van der Waals surface area contributed by atoms with Gasteiger partial charge >= 0.3 is 0 Å². The first-order chi connectivity index (χ1) is 13.1. The molecule has 28 heavy (non-hydrogen) atoms. The van der Waals surface area contributed by atoms with Crippen molar-refractivity contribution < 1.29 is 9.84 Å². The Kier molecular flexibility index (Phi) is 10.3. The number of nitrogens with zero attached hydrogens (tertiary/aromatic N) is 2. The van der Waals surface area contributed by atoms with Gasteiger partial charge in [0.25, 0.3) is 0 Å². The number of ether oxygens (including phenoxy) is 1. The normalized spacial score (nSPS) is 24.6. The van der Waals surface area contributed by atoms with Crippen LogP contribution in [0.4, 0.5) is 0 Å². The fourth-order valence-corrected chi connectivity index (χ4v) is 5.71. The molecule has 0 bridgehead atoms. The molecular formula is C19H33IN4O2S2. The number of hydrogen-bond donors (Lipinski definition) is 3. The highest BCUT2D eigenvalue weighted by molar-refractivity contribution is 14.0. The number of aliphatic hydroxyl groups is 1. The first kappa shape index (κ1) is 24.2. The molecule has 2 atom stereocenters. The van der Waals surface area contributed by atoms with E-state index in [1.807, 2.05) is 11.3 Å². The van der Waals surface area contributed by atoms with Crippen LogP contribution in [0, 0.1) is 6.92 Å². The second-order valence-corrected chi connectivity index (χ2v) is 9.64. The fourth-order valence-electron chi connectivity index (χ4n) is 3.41. The highest BCUT2D eigenvalue weighted by Crippen LogP contribution is 2.29. The highest BCUT2D eigenvalue weighted by Gasteiger charge is 2.31. The quantitative estimate of drug-likeness (QED) is 0.281. The second-order valence-electron chi connectivity index (χ2n) is 7.22. The van der Waals surface area contributed by atoms with Crippen LogP contribution in [0.25, 0.3) is 0 Å². The Morgan fingerprint density at radius 2 is 2.14 bits per heavy atom. The predicted octanol–water partition coefficient (Wildman–Crippen LogP) is 2.47. The maximum absolute atomic E-state index is 10.6. The molecule has 0 spiro atoms. The lowest BCUT2D eigenvalue weighted by Crippen LogP contribution is -2.46. The number of aryl methyl sites for hydroxylation is 1. The molecule has 0 aromatic carbocycles. The Labute approximate surface area is 193 Å². The van der Waals surface area contributed by atoms with E-state index in [1.54, 1.807) is 11.8 Å². The maximum atomic E-state index is 10.6. The molecule has 1 aromatic heterocycles. The smallest absolute Gasteiger partial charge is 0.191 e. The van der Waals surface area contributed by atoms with E-state index in [0.717, 1.165) is 63.3 Å². The molecule has 2 unspecified atom stereocenters. The molecular weight excluding hydrogens is 507 g/mol. The van der Waals surface area contributed by atoms with Crippen molar-refractivity contribution in [3.05, 3.63) is 21.9 Å². The summed E-state index contributed by atoms with van der Waals surface area (Å²) in [5, 5.41) is 17.4. The molecule has 2 aliphatic rings. The van der Waals surface area contributed by atoms with Gasteiger partial charge in [0.05, 0.1) is 31.4 Å². The number of aliphatic imine (C=N–C) groups is 1. The molecule has 3 rings (SSSR count). The summed E-state index contributed by atoms with van der Waals surface area (Å²) in [6, 6.07) is 4.74. The average Bonchev–Trinajstić information content (AvgIpc) is 3.30. The molecule has 9 heteroatoms. The topological polar surface area (TPSA) is 69.1 Å². The minimum atomic E-state index is -0.651. The van der Waals surface area contributed by atoms with Gasteiger partial charge in [-0.25, -0.2) is 0 Å². The third-order valence-corrected chi connectivity index (χ3v) is 7.33. The summed E-state index contributed by atoms with van der Waals surface area (Å²) in [5.74, 6) is 2.59. The van der Waals surface area contributed by atoms with E-state index in [-0.39, 0.29) is 24.0 Å². The molecule has 3 heterocycles. The van der Waals surface area contributed by atoms with Gasteiger partial charge in [0, 0.05) is 41.7 Å². The number of morpholine rings is 1. The van der Waals surface area contributed by atoms with Gasteiger partial charge in [-0.3, -0.25) is 9.89 Å². The molecule has 3 N–H and O–H groups in total. The minimum absolute atomic E-state index is 0. The molecule has 2 saturated heterocycles. The second kappa shape index (κ2) is 11.9. The van der Waals surface area contributed by atoms with E-state index in [4.69, 9.17) is 4.74 Å². The van der Waals surface area contributed by atoms with Gasteiger partial charge in [-0.2, -0.15) is 11.8 Å². The first-order valence-electron chi connectivity index (χ1n) is 9.80. The van der Waals surface area contributed by atoms with Gasteiger partial charge in [-0.1, -0.05) is 0 Å². The number of thioether (sulfide) groups is 1. The number of hydrogen-bond acceptors (Lipinski definition) is 6. The van der Waals surface area contributed by atoms with E-state index in [1.165, 1.54) is 9.75 Å². The zero-order valence-electron chi connectivity index (χ0n) is 16.8. The van der Waals surface area contributed by atoms with Crippen molar-refractivity contribution in [3.8, 4) is 0 Å². The lowest BCUT2D eigenvalue weighted by Gasteiger charge is -2.34. The van der Waals surface area contributed by atoms with Crippen molar-refractivity contribution >= 4 is 53.0 Å². The number of guanidine groups is 1. The van der Waals surface area contributed by atoms with Crippen molar-refractivity contribution in [1.29, 1.82) is 0 Å². The van der Waals surface area contributed by atoms with E-state index in [9.17, 15) is 5.11 Å². The van der Waals surface area contributed by atoms with Crippen LogP contribution in [0.5, 0.6) is 0 Å². The van der Waals surface area contributed by atoms with Crippen LogP contribution in [0.1, 0.15) is 29.1 Å². The predicted molar refractivity (Wildman–Crippen MR) is 130 cm³/mol. The number of nitrogens with one attached hydrogen (secondary N) is 2. The minimum Gasteiger partial charge on any atom is -0.387 e. The standard InChI is InChI=1S/C19H32N4O2S2.HI/c1-3-20-18(22-13-19(24)6-11-26-14-19)21-12-16(17-5-4-15(2)27-17)23-7-9-25-10-8-23;/h4-5,16,24H,3,6-14H2,1-2H3,(H2,20,21,22);1H. The molecule has 0 radical (unpaired) electrons. The Hall–Kier alpha value is -0.0700. The third kappa shape index (κ3) is 7.02. The van der Waals surface area contributed by atoms with Crippen LogP contribution in [-0.2, 0) is 4.74 Å². The van der Waals surface area contributed by atoms with Crippen molar-refractivity contribution in [2.75, 3.05) is 57.4 Å². The monoisotopic (exact) mass is 540 g/mol. The van der Waals surface area contributed by atoms with Crippen LogP contribution in [-0.4, -0.2) is 79.0 Å². The molecule has 6 nitrogen and oxygen atoms in total. The largest absolute Gasteiger partial charge is 0.387 e. The Morgan fingerprint density at radius 1 is 1.36 bits per heavy atom. The van der Waals surface area contributed by atoms with E-state index in [0.29, 0.717) is 12.6 Å². The number of thiophene rings is 1. The summed E-state index contributed by atoms with van der Waals surface area (Å²) in [6.07, 6.45) is 0.825. The molecule has 2 aliphatic heterocycles. The van der Waals surface area contributed by atoms with Gasteiger partial charge in [-0.05, 0) is 38.2 Å². The van der Waals surface area contributed by atoms with Crippen LogP contribution in [0.2, 0.25) is 0 Å². The third-order valence-electron chi connectivity index (χ3n) is 5.00.